The number of rotatable bonds is 7. The number of hydrogen-bond acceptors (Lipinski definition) is 5. The molecule has 1 heterocycles. The summed E-state index contributed by atoms with van der Waals surface area (Å²) in [6.07, 6.45) is 5.04. The molecule has 0 spiro atoms. The number of hydrazone groups is 1. The van der Waals surface area contributed by atoms with Crippen LogP contribution in [-0.2, 0) is 11.2 Å². The number of nitrogens with zero attached hydrogens (tertiary/aromatic N) is 3. The Hall–Kier alpha value is -1.43. The lowest BCUT2D eigenvalue weighted by atomic mass is 10.2. The molecule has 0 aromatic carbocycles. The molecular formula is C13H22N4OS. The Balaban J connectivity index is 2.45. The van der Waals surface area contributed by atoms with Gasteiger partial charge in [-0.3, -0.25) is 4.79 Å². The lowest BCUT2D eigenvalue weighted by Gasteiger charge is -2.06. The monoisotopic (exact) mass is 282 g/mol. The van der Waals surface area contributed by atoms with Gasteiger partial charge in [-0.1, -0.05) is 6.92 Å². The normalized spacial score (nSPS) is 11.5. The smallest absolute Gasteiger partial charge is 0.226 e. The van der Waals surface area contributed by atoms with Gasteiger partial charge in [-0.05, 0) is 26.2 Å². The Morgan fingerprint density at radius 3 is 2.84 bits per heavy atom. The molecule has 1 aromatic rings. The minimum atomic E-state index is 0.0359. The van der Waals surface area contributed by atoms with E-state index in [1.807, 2.05) is 34.1 Å². The maximum atomic E-state index is 11.4. The number of aromatic nitrogens is 1. The molecular weight excluding hydrogens is 260 g/mol. The van der Waals surface area contributed by atoms with Gasteiger partial charge in [0.25, 0.3) is 0 Å². The Labute approximate surface area is 118 Å². The van der Waals surface area contributed by atoms with Crippen molar-refractivity contribution in [3.63, 3.8) is 0 Å². The molecule has 0 unspecified atom stereocenters. The molecule has 1 amide bonds. The van der Waals surface area contributed by atoms with Gasteiger partial charge in [0.1, 0.15) is 0 Å². The summed E-state index contributed by atoms with van der Waals surface area (Å²) in [5.74, 6) is 0.0359. The number of anilines is 1. The van der Waals surface area contributed by atoms with Crippen molar-refractivity contribution in [2.24, 2.45) is 5.10 Å². The minimum absolute atomic E-state index is 0.0359. The van der Waals surface area contributed by atoms with E-state index in [1.165, 1.54) is 16.2 Å². The summed E-state index contributed by atoms with van der Waals surface area (Å²) >= 11 is 1.54. The molecule has 0 radical (unpaired) electrons. The van der Waals surface area contributed by atoms with Crippen LogP contribution in [0.25, 0.3) is 0 Å². The number of carbonyl (C=O) groups excluding carboxylic acids is 1. The van der Waals surface area contributed by atoms with E-state index in [2.05, 4.69) is 15.4 Å². The van der Waals surface area contributed by atoms with Gasteiger partial charge in [-0.25, -0.2) is 4.98 Å². The van der Waals surface area contributed by atoms with Crippen molar-refractivity contribution in [3.05, 3.63) is 11.1 Å². The topological polar surface area (TPSA) is 57.6 Å². The van der Waals surface area contributed by atoms with Crippen molar-refractivity contribution in [2.45, 2.75) is 39.5 Å². The number of aryl methyl sites for hydroxylation is 1. The number of nitrogens with one attached hydrogen (secondary N) is 1. The van der Waals surface area contributed by atoms with Crippen molar-refractivity contribution in [1.82, 2.24) is 9.99 Å². The maximum absolute atomic E-state index is 11.4. The molecule has 1 aromatic heterocycles. The molecule has 19 heavy (non-hydrogen) atoms. The van der Waals surface area contributed by atoms with Crippen molar-refractivity contribution >= 4 is 28.1 Å². The lowest BCUT2D eigenvalue weighted by molar-refractivity contribution is -0.116. The van der Waals surface area contributed by atoms with Gasteiger partial charge in [-0.2, -0.15) is 5.10 Å². The average Bonchev–Trinajstić information content (AvgIpc) is 2.73. The summed E-state index contributed by atoms with van der Waals surface area (Å²) in [7, 11) is 3.83. The van der Waals surface area contributed by atoms with E-state index < -0.39 is 0 Å². The number of amides is 1. The highest BCUT2D eigenvalue weighted by Gasteiger charge is 2.06. The number of carbonyl (C=O) groups is 1. The van der Waals surface area contributed by atoms with Crippen LogP contribution < -0.4 is 5.32 Å². The van der Waals surface area contributed by atoms with E-state index in [-0.39, 0.29) is 5.91 Å². The van der Waals surface area contributed by atoms with Crippen molar-refractivity contribution in [1.29, 1.82) is 0 Å². The second kappa shape index (κ2) is 7.89. The minimum Gasteiger partial charge on any atom is -0.303 e. The average molecular weight is 282 g/mol. The van der Waals surface area contributed by atoms with E-state index in [9.17, 15) is 4.79 Å². The summed E-state index contributed by atoms with van der Waals surface area (Å²) in [6.45, 7) is 4.00. The van der Waals surface area contributed by atoms with Gasteiger partial charge in [0.2, 0.25) is 5.91 Å². The summed E-state index contributed by atoms with van der Waals surface area (Å²) in [5, 5.41) is 9.64. The molecule has 6 heteroatoms. The summed E-state index contributed by atoms with van der Waals surface area (Å²) in [5.41, 5.74) is 1.09. The van der Waals surface area contributed by atoms with Crippen LogP contribution in [0.5, 0.6) is 0 Å². The predicted octanol–water partition coefficient (Wildman–Crippen LogP) is 2.75. The van der Waals surface area contributed by atoms with E-state index in [0.29, 0.717) is 11.6 Å². The Bertz CT molecular complexity index is 440. The van der Waals surface area contributed by atoms with Crippen molar-refractivity contribution in [3.8, 4) is 0 Å². The van der Waals surface area contributed by atoms with E-state index in [0.717, 1.165) is 25.0 Å². The van der Waals surface area contributed by atoms with Crippen LogP contribution in [0, 0.1) is 0 Å². The standard InChI is InChI=1S/C13H22N4OS/c1-5-6-12(18)15-13-14-9-11(19-13)8-7-10(2)16-17(3)4/h9H,5-8H2,1-4H3,(H,14,15,18). The zero-order valence-electron chi connectivity index (χ0n) is 12.1. The van der Waals surface area contributed by atoms with Crippen molar-refractivity contribution in [2.75, 3.05) is 19.4 Å². The molecule has 0 atom stereocenters. The second-order valence-electron chi connectivity index (χ2n) is 4.61. The van der Waals surface area contributed by atoms with Crippen LogP contribution in [0.15, 0.2) is 11.3 Å². The highest BCUT2D eigenvalue weighted by molar-refractivity contribution is 7.15. The Morgan fingerprint density at radius 1 is 1.47 bits per heavy atom. The van der Waals surface area contributed by atoms with Gasteiger partial charge in [0.15, 0.2) is 5.13 Å². The maximum Gasteiger partial charge on any atom is 0.226 e. The van der Waals surface area contributed by atoms with Gasteiger partial charge in [-0.15, -0.1) is 11.3 Å². The Kier molecular flexibility index (Phi) is 6.49. The molecule has 0 aliphatic heterocycles. The van der Waals surface area contributed by atoms with Gasteiger partial charge in [0.05, 0.1) is 0 Å². The highest BCUT2D eigenvalue weighted by Crippen LogP contribution is 2.19. The molecule has 5 nitrogen and oxygen atoms in total. The molecule has 1 N–H and O–H groups in total. The highest BCUT2D eigenvalue weighted by atomic mass is 32.1. The first-order chi connectivity index (χ1) is 9.01. The molecule has 106 valence electrons. The number of thiazole rings is 1. The quantitative estimate of drug-likeness (QED) is 0.618. The molecule has 1 rings (SSSR count). The van der Waals surface area contributed by atoms with Crippen LogP contribution in [0.1, 0.15) is 38.0 Å². The molecule has 0 aliphatic rings. The van der Waals surface area contributed by atoms with Crippen LogP contribution in [0.3, 0.4) is 0 Å². The molecule has 0 bridgehead atoms. The van der Waals surface area contributed by atoms with E-state index in [1.54, 1.807) is 5.01 Å². The zero-order valence-corrected chi connectivity index (χ0v) is 12.9. The van der Waals surface area contributed by atoms with Crippen LogP contribution in [0.2, 0.25) is 0 Å². The third kappa shape index (κ3) is 6.33. The number of hydrogen-bond donors (Lipinski definition) is 1. The summed E-state index contributed by atoms with van der Waals surface area (Å²) in [6, 6.07) is 0. The largest absolute Gasteiger partial charge is 0.303 e. The fourth-order valence-electron chi connectivity index (χ4n) is 1.59. The first-order valence-electron chi connectivity index (χ1n) is 6.47. The molecule has 0 saturated carbocycles. The molecule has 0 saturated heterocycles. The molecule has 0 fully saturated rings. The summed E-state index contributed by atoms with van der Waals surface area (Å²) in [4.78, 5) is 16.8. The Morgan fingerprint density at radius 2 is 2.21 bits per heavy atom. The molecule has 0 aliphatic carbocycles. The van der Waals surface area contributed by atoms with Gasteiger partial charge in [0, 0.05) is 37.3 Å². The fraction of sp³-hybridized carbons (Fsp3) is 0.615. The predicted molar refractivity (Wildman–Crippen MR) is 80.8 cm³/mol. The van der Waals surface area contributed by atoms with Crippen LogP contribution in [-0.4, -0.2) is 35.7 Å². The van der Waals surface area contributed by atoms with Crippen molar-refractivity contribution < 1.29 is 4.79 Å². The van der Waals surface area contributed by atoms with Gasteiger partial charge >= 0.3 is 0 Å². The van der Waals surface area contributed by atoms with Gasteiger partial charge < -0.3 is 10.3 Å². The van der Waals surface area contributed by atoms with Crippen LogP contribution in [0.4, 0.5) is 5.13 Å². The lowest BCUT2D eigenvalue weighted by Crippen LogP contribution is -2.09. The fourth-order valence-corrected chi connectivity index (χ4v) is 2.41. The summed E-state index contributed by atoms with van der Waals surface area (Å²) < 4.78 is 0. The third-order valence-electron chi connectivity index (χ3n) is 2.38. The second-order valence-corrected chi connectivity index (χ2v) is 5.73. The van der Waals surface area contributed by atoms with E-state index in [4.69, 9.17) is 0 Å². The zero-order chi connectivity index (χ0) is 14.3. The first kappa shape index (κ1) is 15.6. The third-order valence-corrected chi connectivity index (χ3v) is 3.35. The van der Waals surface area contributed by atoms with E-state index >= 15 is 0 Å². The van der Waals surface area contributed by atoms with Crippen LogP contribution >= 0.6 is 11.3 Å². The first-order valence-corrected chi connectivity index (χ1v) is 7.29. The SMILES string of the molecule is CCCC(=O)Nc1ncc(CCC(C)=NN(C)C)s1.